The fraction of sp³-hybridized carbons (Fsp3) is 0.185. The SMILES string of the molecule is COc1ccc(C(=C(C#N)C#N)C2=C(c3cc(-c4ccccc4)sc3C)C(F)(F)C(F)(F)C2(F)F)cc1. The van der Waals surface area contributed by atoms with Gasteiger partial charge in [0, 0.05) is 26.5 Å². The number of alkyl halides is 6. The molecule has 0 aliphatic heterocycles. The first-order chi connectivity index (χ1) is 17.4. The first-order valence-electron chi connectivity index (χ1n) is 10.7. The van der Waals surface area contributed by atoms with Crippen molar-refractivity contribution in [2.45, 2.75) is 24.7 Å². The van der Waals surface area contributed by atoms with Crippen LogP contribution in [-0.4, -0.2) is 24.9 Å². The normalized spacial score (nSPS) is 17.1. The Kier molecular flexibility index (Phi) is 6.43. The molecule has 0 saturated heterocycles. The van der Waals surface area contributed by atoms with Gasteiger partial charge < -0.3 is 4.74 Å². The Hall–Kier alpha value is -4.02. The molecule has 3 aromatic rings. The maximum atomic E-state index is 15.4. The van der Waals surface area contributed by atoms with Crippen molar-refractivity contribution in [3.8, 4) is 28.3 Å². The highest BCUT2D eigenvalue weighted by atomic mass is 32.1. The lowest BCUT2D eigenvalue weighted by atomic mass is 9.87. The molecule has 0 amide bonds. The lowest BCUT2D eigenvalue weighted by molar-refractivity contribution is -0.258. The molecule has 37 heavy (non-hydrogen) atoms. The van der Waals surface area contributed by atoms with Gasteiger partial charge in [-0.3, -0.25) is 0 Å². The van der Waals surface area contributed by atoms with Crippen LogP contribution in [0.3, 0.4) is 0 Å². The molecule has 0 bridgehead atoms. The fourth-order valence-electron chi connectivity index (χ4n) is 4.19. The smallest absolute Gasteiger partial charge is 0.380 e. The van der Waals surface area contributed by atoms with Gasteiger partial charge in [0.15, 0.2) is 0 Å². The van der Waals surface area contributed by atoms with Crippen LogP contribution < -0.4 is 4.74 Å². The van der Waals surface area contributed by atoms with E-state index >= 15 is 17.6 Å². The van der Waals surface area contributed by atoms with Crippen molar-refractivity contribution in [1.82, 2.24) is 0 Å². The zero-order valence-corrected chi connectivity index (χ0v) is 20.1. The van der Waals surface area contributed by atoms with E-state index in [0.717, 1.165) is 29.5 Å². The van der Waals surface area contributed by atoms with E-state index in [2.05, 4.69) is 0 Å². The van der Waals surface area contributed by atoms with Gasteiger partial charge in [-0.25, -0.2) is 0 Å². The Balaban J connectivity index is 2.13. The van der Waals surface area contributed by atoms with Gasteiger partial charge in [0.2, 0.25) is 0 Å². The number of benzene rings is 2. The molecule has 0 unspecified atom stereocenters. The number of nitriles is 2. The number of aryl methyl sites for hydroxylation is 1. The van der Waals surface area contributed by atoms with Crippen LogP contribution in [0.2, 0.25) is 0 Å². The summed E-state index contributed by atoms with van der Waals surface area (Å²) in [5.74, 6) is -16.3. The molecule has 1 aromatic heterocycles. The molecule has 0 N–H and O–H groups in total. The molecule has 1 aliphatic carbocycles. The Bertz CT molecular complexity index is 1490. The van der Waals surface area contributed by atoms with E-state index < -0.39 is 45.6 Å². The van der Waals surface area contributed by atoms with Gasteiger partial charge in [0.1, 0.15) is 23.5 Å². The van der Waals surface area contributed by atoms with Gasteiger partial charge in [-0.15, -0.1) is 11.3 Å². The Morgan fingerprint density at radius 2 is 1.46 bits per heavy atom. The number of halogens is 6. The molecule has 2 aromatic carbocycles. The maximum absolute atomic E-state index is 15.4. The molecular weight excluding hydrogens is 514 g/mol. The molecule has 1 aliphatic rings. The summed E-state index contributed by atoms with van der Waals surface area (Å²) in [4.78, 5) is 0.481. The minimum atomic E-state index is -5.83. The summed E-state index contributed by atoms with van der Waals surface area (Å²) in [6.45, 7) is 1.36. The monoisotopic (exact) mass is 530 g/mol. The minimum absolute atomic E-state index is 0.0871. The first-order valence-corrected chi connectivity index (χ1v) is 11.5. The molecule has 3 nitrogen and oxygen atoms in total. The van der Waals surface area contributed by atoms with Crippen LogP contribution in [0.1, 0.15) is 16.0 Å². The summed E-state index contributed by atoms with van der Waals surface area (Å²) in [7, 11) is 1.32. The van der Waals surface area contributed by atoms with Crippen molar-refractivity contribution in [2.75, 3.05) is 7.11 Å². The second-order valence-corrected chi connectivity index (χ2v) is 9.38. The van der Waals surface area contributed by atoms with Gasteiger partial charge in [-0.1, -0.05) is 42.5 Å². The lowest BCUT2D eigenvalue weighted by Crippen LogP contribution is -2.49. The van der Waals surface area contributed by atoms with Crippen molar-refractivity contribution in [1.29, 1.82) is 10.5 Å². The molecule has 188 valence electrons. The van der Waals surface area contributed by atoms with Crippen LogP contribution >= 0.6 is 11.3 Å². The molecule has 4 rings (SSSR count). The van der Waals surface area contributed by atoms with Crippen LogP contribution in [0.25, 0.3) is 21.6 Å². The number of allylic oxidation sites excluding steroid dienone is 4. The number of ether oxygens (including phenoxy) is 1. The van der Waals surface area contributed by atoms with Gasteiger partial charge in [0.25, 0.3) is 0 Å². The number of rotatable bonds is 5. The Morgan fingerprint density at radius 3 is 2.00 bits per heavy atom. The third-order valence-corrected chi connectivity index (χ3v) is 7.11. The van der Waals surface area contributed by atoms with Crippen molar-refractivity contribution in [3.05, 3.63) is 87.8 Å². The number of nitrogens with zero attached hydrogens (tertiary/aromatic N) is 2. The van der Waals surface area contributed by atoms with E-state index in [1.54, 1.807) is 30.3 Å². The molecular formula is C27H16F6N2OS. The zero-order valence-electron chi connectivity index (χ0n) is 19.3. The van der Waals surface area contributed by atoms with Gasteiger partial charge in [-0.2, -0.15) is 36.9 Å². The van der Waals surface area contributed by atoms with E-state index in [1.165, 1.54) is 38.3 Å². The van der Waals surface area contributed by atoms with E-state index in [4.69, 9.17) is 4.74 Å². The third kappa shape index (κ3) is 3.89. The van der Waals surface area contributed by atoms with Crippen LogP contribution in [0, 0.1) is 29.6 Å². The van der Waals surface area contributed by atoms with Crippen molar-refractivity contribution in [2.24, 2.45) is 0 Å². The quantitative estimate of drug-likeness (QED) is 0.249. The summed E-state index contributed by atoms with van der Waals surface area (Å²) >= 11 is 0.970. The third-order valence-electron chi connectivity index (χ3n) is 6.01. The topological polar surface area (TPSA) is 56.8 Å². The van der Waals surface area contributed by atoms with Gasteiger partial charge >= 0.3 is 17.8 Å². The summed E-state index contributed by atoms with van der Waals surface area (Å²) in [6.07, 6.45) is 0. The molecule has 0 atom stereocenters. The number of methoxy groups -OCH3 is 1. The lowest BCUT2D eigenvalue weighted by Gasteiger charge is -2.26. The highest BCUT2D eigenvalue weighted by Crippen LogP contribution is 2.65. The van der Waals surface area contributed by atoms with E-state index in [0.29, 0.717) is 10.4 Å². The average Bonchev–Trinajstić information content (AvgIpc) is 3.30. The van der Waals surface area contributed by atoms with Gasteiger partial charge in [-0.05, 0) is 41.8 Å². The van der Waals surface area contributed by atoms with E-state index in [-0.39, 0.29) is 16.2 Å². The summed E-state index contributed by atoms with van der Waals surface area (Å²) in [5, 5.41) is 19.0. The summed E-state index contributed by atoms with van der Waals surface area (Å²) in [5.41, 5.74) is -5.61. The van der Waals surface area contributed by atoms with E-state index in [9.17, 15) is 19.3 Å². The van der Waals surface area contributed by atoms with Crippen molar-refractivity contribution in [3.63, 3.8) is 0 Å². The van der Waals surface area contributed by atoms with E-state index in [1.807, 2.05) is 0 Å². The number of hydrogen-bond acceptors (Lipinski definition) is 4. The molecule has 0 fully saturated rings. The standard InChI is InChI=1S/C27H16F6N2OS/c1-15-20(12-21(37-15)16-6-4-3-5-7-16)23-24(26(30,31)27(32,33)25(23,28)29)22(18(13-34)14-35)17-8-10-19(36-2)11-9-17/h3-12H,1-2H3. The second kappa shape index (κ2) is 9.13. The van der Waals surface area contributed by atoms with Crippen LogP contribution in [0.5, 0.6) is 5.75 Å². The predicted octanol–water partition coefficient (Wildman–Crippen LogP) is 7.91. The Labute approximate surface area is 212 Å². The first kappa shape index (κ1) is 26.1. The number of thiophene rings is 1. The zero-order chi connectivity index (χ0) is 27.2. The highest BCUT2D eigenvalue weighted by molar-refractivity contribution is 7.15. The molecule has 0 saturated carbocycles. The summed E-state index contributed by atoms with van der Waals surface area (Å²) < 4.78 is 96.4. The average molecular weight is 530 g/mol. The maximum Gasteiger partial charge on any atom is 0.380 e. The molecule has 1 heterocycles. The van der Waals surface area contributed by atoms with Crippen LogP contribution in [0.15, 0.2) is 71.8 Å². The van der Waals surface area contributed by atoms with Crippen LogP contribution in [0.4, 0.5) is 26.3 Å². The van der Waals surface area contributed by atoms with Crippen molar-refractivity contribution < 1.29 is 31.1 Å². The molecule has 0 spiro atoms. The molecule has 0 radical (unpaired) electrons. The predicted molar refractivity (Wildman–Crippen MR) is 127 cm³/mol. The fourth-order valence-corrected chi connectivity index (χ4v) is 5.23. The highest BCUT2D eigenvalue weighted by Gasteiger charge is 2.80. The Morgan fingerprint density at radius 1 is 0.865 bits per heavy atom. The summed E-state index contributed by atoms with van der Waals surface area (Å²) in [6, 6.07) is 17.2. The number of hydrogen-bond donors (Lipinski definition) is 0. The molecule has 10 heteroatoms. The largest absolute Gasteiger partial charge is 0.497 e. The van der Waals surface area contributed by atoms with Gasteiger partial charge in [0.05, 0.1) is 7.11 Å². The van der Waals surface area contributed by atoms with Crippen LogP contribution in [-0.2, 0) is 0 Å². The minimum Gasteiger partial charge on any atom is -0.497 e. The van der Waals surface area contributed by atoms with Crippen molar-refractivity contribution >= 4 is 22.5 Å². The second-order valence-electron chi connectivity index (χ2n) is 8.12.